The van der Waals surface area contributed by atoms with Crippen molar-refractivity contribution < 1.29 is 14.3 Å². The third kappa shape index (κ3) is 2.58. The zero-order valence-electron chi connectivity index (χ0n) is 11.8. The normalized spacial score (nSPS) is 19.4. The number of nitrogens with two attached hydrogens (primary N) is 1. The first-order valence-corrected chi connectivity index (χ1v) is 7.21. The van der Waals surface area contributed by atoms with Gasteiger partial charge in [-0.15, -0.1) is 0 Å². The minimum absolute atomic E-state index is 0.0228. The largest absolute Gasteiger partial charge is 0.482 e. The maximum absolute atomic E-state index is 12.5. The van der Waals surface area contributed by atoms with Gasteiger partial charge in [0, 0.05) is 12.2 Å². The van der Waals surface area contributed by atoms with Gasteiger partial charge in [-0.1, -0.05) is 12.8 Å². The summed E-state index contributed by atoms with van der Waals surface area (Å²) in [5.41, 5.74) is 6.59. The van der Waals surface area contributed by atoms with Gasteiger partial charge < -0.3 is 21.1 Å². The molecule has 6 nitrogen and oxygen atoms in total. The molecule has 2 aliphatic rings. The number of rotatable bonds is 3. The van der Waals surface area contributed by atoms with Crippen molar-refractivity contribution in [3.63, 3.8) is 0 Å². The van der Waals surface area contributed by atoms with Crippen LogP contribution in [0.25, 0.3) is 0 Å². The molecule has 3 rings (SSSR count). The number of nitrogens with one attached hydrogen (secondary N) is 2. The fraction of sp³-hybridized carbons (Fsp3) is 0.467. The number of hydrogen-bond acceptors (Lipinski definition) is 4. The second-order valence-electron chi connectivity index (χ2n) is 5.69. The Hall–Kier alpha value is -2.08. The van der Waals surface area contributed by atoms with Crippen LogP contribution in [0.4, 0.5) is 11.4 Å². The molecule has 0 unspecified atom stereocenters. The highest BCUT2D eigenvalue weighted by molar-refractivity contribution is 5.99. The van der Waals surface area contributed by atoms with E-state index in [-0.39, 0.29) is 18.4 Å². The highest BCUT2D eigenvalue weighted by atomic mass is 16.5. The number of carbonyl (C=O) groups is 2. The molecule has 0 spiro atoms. The van der Waals surface area contributed by atoms with Crippen molar-refractivity contribution in [3.8, 4) is 5.75 Å². The lowest BCUT2D eigenvalue weighted by molar-refractivity contribution is -0.124. The van der Waals surface area contributed by atoms with Crippen molar-refractivity contribution in [1.82, 2.24) is 0 Å². The molecule has 1 saturated carbocycles. The van der Waals surface area contributed by atoms with Crippen LogP contribution in [0.5, 0.6) is 5.75 Å². The minimum Gasteiger partial charge on any atom is -0.482 e. The Bertz CT molecular complexity index is 580. The van der Waals surface area contributed by atoms with Crippen LogP contribution in [0.2, 0.25) is 0 Å². The predicted octanol–water partition coefficient (Wildman–Crippen LogP) is 1.48. The molecule has 1 aliphatic carbocycles. The van der Waals surface area contributed by atoms with Crippen molar-refractivity contribution in [2.45, 2.75) is 25.7 Å². The average Bonchev–Trinajstić information content (AvgIpc) is 2.97. The molecule has 0 bridgehead atoms. The molecule has 0 saturated heterocycles. The van der Waals surface area contributed by atoms with Crippen LogP contribution in [0, 0.1) is 5.41 Å². The van der Waals surface area contributed by atoms with Gasteiger partial charge in [-0.25, -0.2) is 0 Å². The molecule has 4 N–H and O–H groups in total. The number of ether oxygens (including phenoxy) is 1. The summed E-state index contributed by atoms with van der Waals surface area (Å²) in [7, 11) is 0. The van der Waals surface area contributed by atoms with Gasteiger partial charge in [0.2, 0.25) is 5.91 Å². The Morgan fingerprint density at radius 3 is 2.86 bits per heavy atom. The fourth-order valence-corrected chi connectivity index (χ4v) is 3.00. The fourth-order valence-electron chi connectivity index (χ4n) is 3.00. The first-order valence-electron chi connectivity index (χ1n) is 7.21. The van der Waals surface area contributed by atoms with Crippen LogP contribution in [-0.4, -0.2) is 25.0 Å². The van der Waals surface area contributed by atoms with Gasteiger partial charge in [0.15, 0.2) is 6.61 Å². The van der Waals surface area contributed by atoms with E-state index < -0.39 is 5.41 Å². The molecular weight excluding hydrogens is 270 g/mol. The molecule has 112 valence electrons. The van der Waals surface area contributed by atoms with Crippen LogP contribution in [0.3, 0.4) is 0 Å². The average molecular weight is 289 g/mol. The lowest BCUT2D eigenvalue weighted by atomic mass is 9.85. The second-order valence-corrected chi connectivity index (χ2v) is 5.69. The first-order chi connectivity index (χ1) is 10.1. The molecule has 1 aromatic carbocycles. The quantitative estimate of drug-likeness (QED) is 0.785. The minimum atomic E-state index is -0.449. The van der Waals surface area contributed by atoms with Gasteiger partial charge in [0.1, 0.15) is 5.75 Å². The molecule has 21 heavy (non-hydrogen) atoms. The van der Waals surface area contributed by atoms with Crippen molar-refractivity contribution in [3.05, 3.63) is 18.2 Å². The molecule has 1 heterocycles. The van der Waals surface area contributed by atoms with E-state index in [0.717, 1.165) is 25.7 Å². The lowest BCUT2D eigenvalue weighted by Crippen LogP contribution is -2.40. The van der Waals surface area contributed by atoms with Crippen molar-refractivity contribution in [2.75, 3.05) is 23.8 Å². The predicted molar refractivity (Wildman–Crippen MR) is 79.2 cm³/mol. The maximum atomic E-state index is 12.5. The second kappa shape index (κ2) is 5.37. The summed E-state index contributed by atoms with van der Waals surface area (Å²) in [5, 5.41) is 5.64. The summed E-state index contributed by atoms with van der Waals surface area (Å²) in [5.74, 6) is 0.382. The summed E-state index contributed by atoms with van der Waals surface area (Å²) in [6.45, 7) is 0.388. The van der Waals surface area contributed by atoms with Gasteiger partial charge >= 0.3 is 0 Å². The van der Waals surface area contributed by atoms with Crippen LogP contribution in [0.15, 0.2) is 18.2 Å². The summed E-state index contributed by atoms with van der Waals surface area (Å²) >= 11 is 0. The number of amides is 2. The summed E-state index contributed by atoms with van der Waals surface area (Å²) < 4.78 is 5.29. The number of anilines is 2. The monoisotopic (exact) mass is 289 g/mol. The summed E-state index contributed by atoms with van der Waals surface area (Å²) in [4.78, 5) is 23.8. The van der Waals surface area contributed by atoms with E-state index in [1.54, 1.807) is 18.2 Å². The molecular formula is C15H19N3O3. The Morgan fingerprint density at radius 1 is 1.38 bits per heavy atom. The Balaban J connectivity index is 1.77. The smallest absolute Gasteiger partial charge is 0.262 e. The standard InChI is InChI=1S/C15H19N3O3/c16-9-15(5-1-2-6-15)14(20)17-10-3-4-12-11(7-10)18-13(19)8-21-12/h3-4,7H,1-2,5-6,8-9,16H2,(H,17,20)(H,18,19). The zero-order valence-corrected chi connectivity index (χ0v) is 11.8. The van der Waals surface area contributed by atoms with E-state index in [1.165, 1.54) is 0 Å². The van der Waals surface area contributed by atoms with Gasteiger partial charge in [0.25, 0.3) is 5.91 Å². The highest BCUT2D eigenvalue weighted by Gasteiger charge is 2.39. The van der Waals surface area contributed by atoms with Gasteiger partial charge in [0.05, 0.1) is 11.1 Å². The number of fused-ring (bicyclic) bond motifs is 1. The zero-order chi connectivity index (χ0) is 14.9. The molecule has 6 heteroatoms. The van der Waals surface area contributed by atoms with Gasteiger partial charge in [-0.3, -0.25) is 9.59 Å². The third-order valence-corrected chi connectivity index (χ3v) is 4.30. The lowest BCUT2D eigenvalue weighted by Gasteiger charge is -2.26. The number of benzene rings is 1. The SMILES string of the molecule is NCC1(C(=O)Nc2ccc3c(c2)NC(=O)CO3)CCCC1. The Kier molecular flexibility index (Phi) is 3.55. The van der Waals surface area contributed by atoms with Crippen LogP contribution < -0.4 is 21.1 Å². The van der Waals surface area contributed by atoms with Gasteiger partial charge in [-0.05, 0) is 31.0 Å². The van der Waals surface area contributed by atoms with E-state index in [2.05, 4.69) is 10.6 Å². The van der Waals surface area contributed by atoms with Crippen molar-refractivity contribution in [2.24, 2.45) is 11.1 Å². The Morgan fingerprint density at radius 2 is 2.14 bits per heavy atom. The molecule has 1 aliphatic heterocycles. The van der Waals surface area contributed by atoms with E-state index >= 15 is 0 Å². The molecule has 0 atom stereocenters. The first kappa shape index (κ1) is 13.9. The molecule has 2 amide bonds. The third-order valence-electron chi connectivity index (χ3n) is 4.30. The maximum Gasteiger partial charge on any atom is 0.262 e. The van der Waals surface area contributed by atoms with E-state index in [0.29, 0.717) is 23.7 Å². The number of carbonyl (C=O) groups excluding carboxylic acids is 2. The number of hydrogen-bond donors (Lipinski definition) is 3. The topological polar surface area (TPSA) is 93.5 Å². The molecule has 1 aromatic rings. The van der Waals surface area contributed by atoms with E-state index in [1.807, 2.05) is 0 Å². The molecule has 1 fully saturated rings. The highest BCUT2D eigenvalue weighted by Crippen LogP contribution is 2.38. The van der Waals surface area contributed by atoms with Crippen LogP contribution in [-0.2, 0) is 9.59 Å². The van der Waals surface area contributed by atoms with E-state index in [4.69, 9.17) is 10.5 Å². The van der Waals surface area contributed by atoms with Crippen molar-refractivity contribution in [1.29, 1.82) is 0 Å². The summed E-state index contributed by atoms with van der Waals surface area (Å²) in [6, 6.07) is 5.23. The van der Waals surface area contributed by atoms with Crippen LogP contribution in [0.1, 0.15) is 25.7 Å². The van der Waals surface area contributed by atoms with Gasteiger partial charge in [-0.2, -0.15) is 0 Å². The van der Waals surface area contributed by atoms with E-state index in [9.17, 15) is 9.59 Å². The van der Waals surface area contributed by atoms with Crippen molar-refractivity contribution >= 4 is 23.2 Å². The summed E-state index contributed by atoms with van der Waals surface area (Å²) in [6.07, 6.45) is 3.75. The van der Waals surface area contributed by atoms with Crippen LogP contribution >= 0.6 is 0 Å². The molecule has 0 radical (unpaired) electrons. The molecule has 0 aromatic heterocycles. The Labute approximate surface area is 123 Å².